The molecule has 2 aromatic carbocycles. The lowest BCUT2D eigenvalue weighted by Crippen LogP contribution is -2.33. The Morgan fingerprint density at radius 3 is 2.37 bits per heavy atom. The third-order valence-electron chi connectivity index (χ3n) is 6.81. The van der Waals surface area contributed by atoms with Crippen LogP contribution in [0, 0.1) is 30.0 Å². The fourth-order valence-electron chi connectivity index (χ4n) is 4.82. The molecule has 0 saturated carbocycles. The first kappa shape index (κ1) is 29.6. The standard InChI is InChI=1S/C30H28F2N4O4S/c1-4-6-7-27-35-29(37)28(30(38)36(27)25(5-2)21-14-19(17-33)15-22(31)16-21)41(39,40)23-10-8-20(9-11-23)24-12-13-26(32)34-18(24)3/h8-16,25,37H,4-7H2,1-3H3. The molecule has 0 aliphatic carbocycles. The minimum Gasteiger partial charge on any atom is -0.492 e. The highest BCUT2D eigenvalue weighted by molar-refractivity contribution is 7.91. The van der Waals surface area contributed by atoms with Crippen molar-refractivity contribution in [2.45, 2.75) is 62.3 Å². The van der Waals surface area contributed by atoms with E-state index in [2.05, 4.69) is 9.97 Å². The molecule has 1 atom stereocenters. The molecule has 0 fully saturated rings. The number of aromatic nitrogens is 3. The van der Waals surface area contributed by atoms with Crippen molar-refractivity contribution in [3.63, 3.8) is 0 Å². The monoisotopic (exact) mass is 578 g/mol. The second-order valence-electron chi connectivity index (χ2n) is 9.56. The van der Waals surface area contributed by atoms with Crippen molar-refractivity contribution in [1.82, 2.24) is 14.5 Å². The summed E-state index contributed by atoms with van der Waals surface area (Å²) in [6.07, 6.45) is 1.84. The van der Waals surface area contributed by atoms with Gasteiger partial charge in [-0.3, -0.25) is 9.36 Å². The lowest BCUT2D eigenvalue weighted by molar-refractivity contribution is 0.406. The summed E-state index contributed by atoms with van der Waals surface area (Å²) in [6, 6.07) is 13.0. The lowest BCUT2D eigenvalue weighted by Gasteiger charge is -2.23. The summed E-state index contributed by atoms with van der Waals surface area (Å²) in [7, 11) is -4.57. The molecule has 0 aliphatic heterocycles. The molecule has 0 radical (unpaired) electrons. The number of sulfone groups is 1. The Kier molecular flexibility index (Phi) is 8.63. The second kappa shape index (κ2) is 12.0. The van der Waals surface area contributed by atoms with Crippen molar-refractivity contribution in [3.8, 4) is 23.1 Å². The van der Waals surface area contributed by atoms with Gasteiger partial charge in [-0.25, -0.2) is 17.8 Å². The van der Waals surface area contributed by atoms with E-state index in [-0.39, 0.29) is 29.1 Å². The first-order valence-corrected chi connectivity index (χ1v) is 14.5. The third kappa shape index (κ3) is 5.88. The molecule has 4 aromatic rings. The average molecular weight is 579 g/mol. The van der Waals surface area contributed by atoms with Gasteiger partial charge in [0.15, 0.2) is 4.90 Å². The third-order valence-corrected chi connectivity index (χ3v) is 8.60. The van der Waals surface area contributed by atoms with Crippen LogP contribution in [-0.2, 0) is 16.3 Å². The molecular formula is C30H28F2N4O4S. The van der Waals surface area contributed by atoms with Gasteiger partial charge in [-0.2, -0.15) is 14.6 Å². The molecular weight excluding hydrogens is 550 g/mol. The van der Waals surface area contributed by atoms with Crippen molar-refractivity contribution in [2.75, 3.05) is 0 Å². The summed E-state index contributed by atoms with van der Waals surface area (Å²) >= 11 is 0. The lowest BCUT2D eigenvalue weighted by atomic mass is 10.0. The van der Waals surface area contributed by atoms with E-state index < -0.39 is 44.0 Å². The Balaban J connectivity index is 1.88. The van der Waals surface area contributed by atoms with Crippen LogP contribution in [0.4, 0.5) is 8.78 Å². The molecule has 0 saturated heterocycles. The van der Waals surface area contributed by atoms with Crippen LogP contribution in [0.15, 0.2) is 69.2 Å². The topological polar surface area (TPSA) is 126 Å². The molecule has 41 heavy (non-hydrogen) atoms. The molecule has 0 spiro atoms. The quantitative estimate of drug-likeness (QED) is 0.255. The maximum atomic E-state index is 14.4. The van der Waals surface area contributed by atoms with E-state index in [1.807, 2.05) is 13.0 Å². The van der Waals surface area contributed by atoms with Gasteiger partial charge < -0.3 is 5.11 Å². The predicted molar refractivity (Wildman–Crippen MR) is 148 cm³/mol. The summed E-state index contributed by atoms with van der Waals surface area (Å²) in [5.41, 5.74) is 0.936. The highest BCUT2D eigenvalue weighted by atomic mass is 32.2. The normalized spacial score (nSPS) is 12.2. The zero-order valence-corrected chi connectivity index (χ0v) is 23.5. The number of pyridine rings is 1. The number of rotatable bonds is 9. The fourth-order valence-corrected chi connectivity index (χ4v) is 6.16. The van der Waals surface area contributed by atoms with Crippen LogP contribution in [0.25, 0.3) is 11.1 Å². The van der Waals surface area contributed by atoms with Crippen molar-refractivity contribution in [3.05, 3.63) is 99.4 Å². The van der Waals surface area contributed by atoms with E-state index in [9.17, 15) is 32.4 Å². The highest BCUT2D eigenvalue weighted by Crippen LogP contribution is 2.31. The van der Waals surface area contributed by atoms with Crippen LogP contribution >= 0.6 is 0 Å². The van der Waals surface area contributed by atoms with Crippen LogP contribution in [0.1, 0.15) is 61.8 Å². The van der Waals surface area contributed by atoms with E-state index in [0.717, 1.165) is 12.5 Å². The Labute approximate surface area is 236 Å². The summed E-state index contributed by atoms with van der Waals surface area (Å²) < 4.78 is 56.5. The molecule has 4 rings (SSSR count). The Morgan fingerprint density at radius 1 is 1.05 bits per heavy atom. The Morgan fingerprint density at radius 2 is 1.76 bits per heavy atom. The van der Waals surface area contributed by atoms with E-state index in [0.29, 0.717) is 28.8 Å². The number of aryl methyl sites for hydroxylation is 2. The van der Waals surface area contributed by atoms with Gasteiger partial charge in [-0.05, 0) is 73.4 Å². The summed E-state index contributed by atoms with van der Waals surface area (Å²) in [5.74, 6) is -2.09. The van der Waals surface area contributed by atoms with Gasteiger partial charge in [0.2, 0.25) is 21.7 Å². The van der Waals surface area contributed by atoms with Gasteiger partial charge in [-0.15, -0.1) is 0 Å². The fraction of sp³-hybridized carbons (Fsp3) is 0.267. The molecule has 0 aliphatic rings. The number of nitriles is 1. The second-order valence-corrected chi connectivity index (χ2v) is 11.4. The van der Waals surface area contributed by atoms with Crippen LogP contribution in [0.2, 0.25) is 0 Å². The van der Waals surface area contributed by atoms with Gasteiger partial charge in [0, 0.05) is 17.7 Å². The van der Waals surface area contributed by atoms with Crippen molar-refractivity contribution in [1.29, 1.82) is 5.26 Å². The Bertz CT molecular complexity index is 1810. The van der Waals surface area contributed by atoms with E-state index in [4.69, 9.17) is 0 Å². The van der Waals surface area contributed by atoms with Gasteiger partial charge in [0.25, 0.3) is 5.56 Å². The molecule has 2 heterocycles. The van der Waals surface area contributed by atoms with Gasteiger partial charge >= 0.3 is 0 Å². The number of halogens is 2. The number of hydrogen-bond donors (Lipinski definition) is 1. The zero-order chi connectivity index (χ0) is 29.9. The number of unbranched alkanes of at least 4 members (excludes halogenated alkanes) is 1. The SMILES string of the molecule is CCCCc1nc(O)c(S(=O)(=O)c2ccc(-c3ccc(F)nc3C)cc2)c(=O)n1C(CC)c1cc(F)cc(C#N)c1. The maximum Gasteiger partial charge on any atom is 0.277 e. The molecule has 1 unspecified atom stereocenters. The summed E-state index contributed by atoms with van der Waals surface area (Å²) in [4.78, 5) is 20.7. The Hall–Kier alpha value is -4.43. The molecule has 2 aromatic heterocycles. The van der Waals surface area contributed by atoms with Crippen LogP contribution in [0.3, 0.4) is 0 Å². The van der Waals surface area contributed by atoms with Crippen LogP contribution in [0.5, 0.6) is 5.88 Å². The minimum absolute atomic E-state index is 0.0490. The highest BCUT2D eigenvalue weighted by Gasteiger charge is 2.32. The first-order chi connectivity index (χ1) is 19.5. The maximum absolute atomic E-state index is 14.4. The van der Waals surface area contributed by atoms with Crippen molar-refractivity contribution >= 4 is 9.84 Å². The van der Waals surface area contributed by atoms with Crippen molar-refractivity contribution < 1.29 is 22.3 Å². The van der Waals surface area contributed by atoms with Gasteiger partial charge in [-0.1, -0.05) is 32.4 Å². The number of aromatic hydroxyl groups is 1. The van der Waals surface area contributed by atoms with E-state index in [1.165, 1.54) is 53.1 Å². The number of hydrogen-bond acceptors (Lipinski definition) is 7. The van der Waals surface area contributed by atoms with Crippen LogP contribution in [-0.4, -0.2) is 28.1 Å². The largest absolute Gasteiger partial charge is 0.492 e. The number of nitrogens with zero attached hydrogens (tertiary/aromatic N) is 4. The van der Waals surface area contributed by atoms with E-state index >= 15 is 0 Å². The molecule has 0 amide bonds. The first-order valence-electron chi connectivity index (χ1n) is 13.0. The van der Waals surface area contributed by atoms with Gasteiger partial charge in [0.05, 0.1) is 22.6 Å². The summed E-state index contributed by atoms with van der Waals surface area (Å²) in [5, 5.41) is 20.1. The van der Waals surface area contributed by atoms with E-state index in [1.54, 1.807) is 13.8 Å². The molecule has 0 bridgehead atoms. The van der Waals surface area contributed by atoms with Gasteiger partial charge in [0.1, 0.15) is 11.6 Å². The predicted octanol–water partition coefficient (Wildman–Crippen LogP) is 5.64. The number of benzene rings is 2. The van der Waals surface area contributed by atoms with Crippen LogP contribution < -0.4 is 5.56 Å². The molecule has 212 valence electrons. The minimum atomic E-state index is -4.57. The summed E-state index contributed by atoms with van der Waals surface area (Å²) in [6.45, 7) is 5.29. The smallest absolute Gasteiger partial charge is 0.277 e. The van der Waals surface area contributed by atoms with Crippen molar-refractivity contribution in [2.24, 2.45) is 0 Å². The zero-order valence-electron chi connectivity index (χ0n) is 22.7. The average Bonchev–Trinajstić information content (AvgIpc) is 2.93. The molecule has 1 N–H and O–H groups in total. The molecule has 8 nitrogen and oxygen atoms in total. The molecule has 11 heteroatoms.